The minimum absolute atomic E-state index is 0.0471. The smallest absolute Gasteiger partial charge is 0.319 e. The van der Waals surface area contributed by atoms with Gasteiger partial charge in [-0.1, -0.05) is 20.8 Å². The molecule has 0 aliphatic heterocycles. The van der Waals surface area contributed by atoms with Gasteiger partial charge in [0.15, 0.2) is 14.1 Å². The number of carbonyl (C=O) groups is 2. The maximum absolute atomic E-state index is 12.5. The van der Waals surface area contributed by atoms with E-state index in [1.807, 2.05) is 0 Å². The molecule has 0 bridgehead atoms. The summed E-state index contributed by atoms with van der Waals surface area (Å²) in [6.45, 7) is 10.7. The minimum Gasteiger partial charge on any atom is -0.468 e. The minimum atomic E-state index is -1.97. The van der Waals surface area contributed by atoms with Crippen molar-refractivity contribution in [1.82, 2.24) is 0 Å². The maximum Gasteiger partial charge on any atom is 0.319 e. The van der Waals surface area contributed by atoms with Crippen molar-refractivity contribution in [2.45, 2.75) is 57.8 Å². The van der Waals surface area contributed by atoms with Crippen molar-refractivity contribution in [3.63, 3.8) is 0 Å². The van der Waals surface area contributed by atoms with E-state index in [4.69, 9.17) is 9.16 Å². The van der Waals surface area contributed by atoms with Crippen molar-refractivity contribution < 1.29 is 18.8 Å². The Kier molecular flexibility index (Phi) is 3.22. The van der Waals surface area contributed by atoms with Crippen molar-refractivity contribution in [2.75, 3.05) is 7.11 Å². The summed E-state index contributed by atoms with van der Waals surface area (Å²) in [5.41, 5.74) is -0.859. The Hall–Kier alpha value is -0.683. The SMILES string of the molecule is COC(=O)[C@]12C[C@H]1C[C@H](O[Si](C)(C)C(C)(C)C)C2=O. The zero-order chi connectivity index (χ0) is 14.6. The van der Waals surface area contributed by atoms with Crippen molar-refractivity contribution >= 4 is 20.1 Å². The van der Waals surface area contributed by atoms with Crippen LogP contribution in [0.1, 0.15) is 33.6 Å². The lowest BCUT2D eigenvalue weighted by molar-refractivity contribution is -0.152. The summed E-state index contributed by atoms with van der Waals surface area (Å²) in [7, 11) is -0.623. The number of rotatable bonds is 3. The highest BCUT2D eigenvalue weighted by atomic mass is 28.4. The third-order valence-electron chi connectivity index (χ3n) is 5.13. The van der Waals surface area contributed by atoms with E-state index in [0.717, 1.165) is 0 Å². The number of esters is 1. The molecule has 2 aliphatic rings. The first-order chi connectivity index (χ1) is 8.56. The molecular formula is C14H24O4Si. The fourth-order valence-electron chi connectivity index (χ4n) is 2.74. The molecule has 0 aromatic rings. The molecule has 3 atom stereocenters. The van der Waals surface area contributed by atoms with E-state index in [0.29, 0.717) is 12.8 Å². The number of fused-ring (bicyclic) bond motifs is 1. The highest BCUT2D eigenvalue weighted by Gasteiger charge is 2.73. The van der Waals surface area contributed by atoms with Crippen LogP contribution in [0.15, 0.2) is 0 Å². The molecule has 2 fully saturated rings. The standard InChI is InChI=1S/C14H24O4Si/c1-13(2,3)19(5,6)18-10-7-9-8-14(9,11(10)15)12(16)17-4/h9-10H,7-8H2,1-6H3/t9-,10+,14-/m1/s1. The van der Waals surface area contributed by atoms with Crippen LogP contribution in [0.5, 0.6) is 0 Å². The van der Waals surface area contributed by atoms with E-state index in [1.165, 1.54) is 7.11 Å². The van der Waals surface area contributed by atoms with Crippen LogP contribution in [0.3, 0.4) is 0 Å². The quantitative estimate of drug-likeness (QED) is 0.454. The zero-order valence-electron chi connectivity index (χ0n) is 12.7. The average Bonchev–Trinajstić information content (AvgIpc) is 2.93. The fraction of sp³-hybridized carbons (Fsp3) is 0.857. The summed E-state index contributed by atoms with van der Waals surface area (Å²) >= 11 is 0. The molecule has 2 aliphatic carbocycles. The summed E-state index contributed by atoms with van der Waals surface area (Å²) in [5, 5.41) is 0.0679. The van der Waals surface area contributed by atoms with Crippen LogP contribution < -0.4 is 0 Å². The van der Waals surface area contributed by atoms with E-state index in [-0.39, 0.29) is 22.7 Å². The number of Topliss-reactive ketones (excluding diaryl/α,β-unsaturated/α-hetero) is 1. The molecule has 5 heteroatoms. The van der Waals surface area contributed by atoms with Crippen molar-refractivity contribution in [1.29, 1.82) is 0 Å². The Morgan fingerprint density at radius 1 is 1.37 bits per heavy atom. The lowest BCUT2D eigenvalue weighted by atomic mass is 10.0. The fourth-order valence-corrected chi connectivity index (χ4v) is 4.00. The Balaban J connectivity index is 2.11. The molecule has 2 saturated carbocycles. The molecule has 0 aromatic carbocycles. The van der Waals surface area contributed by atoms with Gasteiger partial charge >= 0.3 is 5.97 Å². The number of hydrogen-bond acceptors (Lipinski definition) is 4. The molecule has 2 rings (SSSR count). The highest BCUT2D eigenvalue weighted by molar-refractivity contribution is 6.74. The molecule has 0 spiro atoms. The number of methoxy groups -OCH3 is 1. The summed E-state index contributed by atoms with van der Waals surface area (Å²) in [6, 6.07) is 0. The van der Waals surface area contributed by atoms with Gasteiger partial charge in [-0.3, -0.25) is 9.59 Å². The van der Waals surface area contributed by atoms with Crippen LogP contribution in [-0.2, 0) is 18.8 Å². The largest absolute Gasteiger partial charge is 0.468 e. The normalized spacial score (nSPS) is 34.1. The first kappa shape index (κ1) is 14.7. The van der Waals surface area contributed by atoms with E-state index in [2.05, 4.69) is 33.9 Å². The Labute approximate surface area is 116 Å². The first-order valence-electron chi connectivity index (χ1n) is 6.87. The molecular weight excluding hydrogens is 260 g/mol. The van der Waals surface area contributed by atoms with E-state index in [9.17, 15) is 9.59 Å². The number of ketones is 1. The van der Waals surface area contributed by atoms with Gasteiger partial charge in [0.1, 0.15) is 11.5 Å². The van der Waals surface area contributed by atoms with Gasteiger partial charge in [-0.25, -0.2) is 0 Å². The zero-order valence-corrected chi connectivity index (χ0v) is 13.7. The van der Waals surface area contributed by atoms with Gasteiger partial charge in [0.2, 0.25) is 0 Å². The Morgan fingerprint density at radius 3 is 2.42 bits per heavy atom. The third-order valence-corrected chi connectivity index (χ3v) is 9.61. The molecule has 0 heterocycles. The number of hydrogen-bond donors (Lipinski definition) is 0. The van der Waals surface area contributed by atoms with Gasteiger partial charge in [0, 0.05) is 0 Å². The molecule has 0 saturated heterocycles. The van der Waals surface area contributed by atoms with Gasteiger partial charge in [-0.15, -0.1) is 0 Å². The molecule has 0 N–H and O–H groups in total. The predicted molar refractivity (Wildman–Crippen MR) is 74.3 cm³/mol. The molecule has 4 nitrogen and oxygen atoms in total. The lowest BCUT2D eigenvalue weighted by Gasteiger charge is -2.38. The Morgan fingerprint density at radius 2 is 1.95 bits per heavy atom. The van der Waals surface area contributed by atoms with Crippen molar-refractivity contribution in [2.24, 2.45) is 11.3 Å². The van der Waals surface area contributed by atoms with E-state index >= 15 is 0 Å². The summed E-state index contributed by atoms with van der Waals surface area (Å²) < 4.78 is 11.0. The monoisotopic (exact) mass is 284 g/mol. The van der Waals surface area contributed by atoms with E-state index in [1.54, 1.807) is 0 Å². The molecule has 0 amide bonds. The van der Waals surface area contributed by atoms with E-state index < -0.39 is 19.8 Å². The molecule has 0 aromatic heterocycles. The summed E-state index contributed by atoms with van der Waals surface area (Å²) in [6.07, 6.45) is 0.926. The molecule has 0 unspecified atom stereocenters. The Bertz CT molecular complexity index is 424. The predicted octanol–water partition coefficient (Wildman–Crippen LogP) is 2.53. The highest BCUT2D eigenvalue weighted by Crippen LogP contribution is 2.63. The summed E-state index contributed by atoms with van der Waals surface area (Å²) in [4.78, 5) is 24.3. The van der Waals surface area contributed by atoms with Crippen LogP contribution in [-0.4, -0.2) is 33.3 Å². The second-order valence-electron chi connectivity index (χ2n) is 7.33. The van der Waals surface area contributed by atoms with Gasteiger partial charge < -0.3 is 9.16 Å². The lowest BCUT2D eigenvalue weighted by Crippen LogP contribution is -2.46. The van der Waals surface area contributed by atoms with Crippen LogP contribution in [0.4, 0.5) is 0 Å². The van der Waals surface area contributed by atoms with Gasteiger partial charge in [-0.2, -0.15) is 0 Å². The van der Waals surface area contributed by atoms with Crippen LogP contribution in [0, 0.1) is 11.3 Å². The van der Waals surface area contributed by atoms with Gasteiger partial charge in [0.25, 0.3) is 0 Å². The van der Waals surface area contributed by atoms with Crippen molar-refractivity contribution in [3.8, 4) is 0 Å². The first-order valence-corrected chi connectivity index (χ1v) is 9.77. The third kappa shape index (κ3) is 2.07. The molecule has 108 valence electrons. The van der Waals surface area contributed by atoms with Gasteiger partial charge in [0.05, 0.1) is 7.11 Å². The molecule has 0 radical (unpaired) electrons. The van der Waals surface area contributed by atoms with Crippen LogP contribution in [0.25, 0.3) is 0 Å². The van der Waals surface area contributed by atoms with Crippen LogP contribution in [0.2, 0.25) is 18.1 Å². The summed E-state index contributed by atoms with van der Waals surface area (Å²) in [5.74, 6) is -0.278. The van der Waals surface area contributed by atoms with Crippen LogP contribution >= 0.6 is 0 Å². The topological polar surface area (TPSA) is 52.6 Å². The molecule has 19 heavy (non-hydrogen) atoms. The second kappa shape index (κ2) is 4.15. The van der Waals surface area contributed by atoms with Gasteiger partial charge in [-0.05, 0) is 36.9 Å². The average molecular weight is 284 g/mol. The maximum atomic E-state index is 12.5. The van der Waals surface area contributed by atoms with Crippen molar-refractivity contribution in [3.05, 3.63) is 0 Å². The number of carbonyl (C=O) groups excluding carboxylic acids is 2. The second-order valence-corrected chi connectivity index (χ2v) is 12.1. The number of ether oxygens (including phenoxy) is 1.